The van der Waals surface area contributed by atoms with E-state index >= 15 is 0 Å². The number of ether oxygens (including phenoxy) is 1. The van der Waals surface area contributed by atoms with E-state index < -0.39 is 0 Å². The molecule has 0 bridgehead atoms. The number of hydrogen-bond donors (Lipinski definition) is 0. The van der Waals surface area contributed by atoms with E-state index in [1.807, 2.05) is 0 Å². The fourth-order valence-electron chi connectivity index (χ4n) is 8.57. The molecule has 3 fully saturated rings. The first-order chi connectivity index (χ1) is 19.7. The summed E-state index contributed by atoms with van der Waals surface area (Å²) in [6.07, 6.45) is 30.5. The zero-order valence-corrected chi connectivity index (χ0v) is 27.9. The van der Waals surface area contributed by atoms with Gasteiger partial charge in [-0.05, 0) is 86.0 Å². The lowest BCUT2D eigenvalue weighted by Crippen LogP contribution is -2.36. The van der Waals surface area contributed by atoms with Crippen LogP contribution >= 0.6 is 0 Å². The molecular formula is C39H66O2. The topological polar surface area (TPSA) is 26.3 Å². The lowest BCUT2D eigenvalue weighted by atomic mass is 9.60. The summed E-state index contributed by atoms with van der Waals surface area (Å²) in [5.74, 6) is 3.28. The Morgan fingerprint density at radius 3 is 2.34 bits per heavy atom. The smallest absolute Gasteiger partial charge is 0.306 e. The molecule has 0 heterocycles. The number of hydrogen-bond acceptors (Lipinski definition) is 2. The third kappa shape index (κ3) is 10.7. The number of carbonyl (C=O) groups excluding carboxylic acids is 1. The van der Waals surface area contributed by atoms with Gasteiger partial charge in [-0.15, -0.1) is 0 Å². The second-order valence-electron chi connectivity index (χ2n) is 14.9. The molecule has 0 aliphatic heterocycles. The highest BCUT2D eigenvalue weighted by atomic mass is 16.5. The number of esters is 1. The fourth-order valence-corrected chi connectivity index (χ4v) is 8.57. The molecule has 0 radical (unpaired) electrons. The summed E-state index contributed by atoms with van der Waals surface area (Å²) in [6, 6.07) is 0. The predicted octanol–water partition coefficient (Wildman–Crippen LogP) is 12.1. The summed E-state index contributed by atoms with van der Waals surface area (Å²) in [4.78, 5) is 12.6. The second kappa shape index (κ2) is 17.7. The van der Waals surface area contributed by atoms with Gasteiger partial charge in [-0.25, -0.2) is 0 Å². The van der Waals surface area contributed by atoms with Crippen LogP contribution in [-0.2, 0) is 9.53 Å². The standard InChI is InChI=1S/C39H66O2/c1-7-8-9-10-11-12-13-14-15-21-38(40)41-35-25-22-31(4)34(29-35)24-23-33-20-17-28-39(6)36(26-27-37(33)39)32(5)19-16-18-30(2)3/h23-24,30,32,35-37H,4,7-22,25-29H2,1-3,5-6H3/t32-,35?,36-,37+,39-/m1/s1. The Hall–Kier alpha value is -1.31. The normalized spacial score (nSPS) is 29.3. The minimum atomic E-state index is 0.00530. The number of unbranched alkanes of at least 4 members (excludes halogenated alkanes) is 8. The fraction of sp³-hybridized carbons (Fsp3) is 0.821. The summed E-state index contributed by atoms with van der Waals surface area (Å²) in [6.45, 7) is 16.5. The molecule has 2 heteroatoms. The number of allylic oxidation sites excluding steroid dienone is 4. The first kappa shape index (κ1) is 34.2. The van der Waals surface area contributed by atoms with Gasteiger partial charge in [0.05, 0.1) is 0 Å². The lowest BCUT2D eigenvalue weighted by Gasteiger charge is -2.44. The van der Waals surface area contributed by atoms with Crippen LogP contribution < -0.4 is 0 Å². The molecule has 3 aliphatic rings. The van der Waals surface area contributed by atoms with E-state index in [2.05, 4.69) is 53.3 Å². The Bertz CT molecular complexity index is 863. The molecule has 0 aromatic rings. The van der Waals surface area contributed by atoms with Crippen molar-refractivity contribution in [3.63, 3.8) is 0 Å². The van der Waals surface area contributed by atoms with Crippen molar-refractivity contribution in [2.45, 2.75) is 176 Å². The van der Waals surface area contributed by atoms with Crippen LogP contribution in [0.15, 0.2) is 35.5 Å². The average Bonchev–Trinajstić information content (AvgIpc) is 3.29. The first-order valence-electron chi connectivity index (χ1n) is 18.0. The highest BCUT2D eigenvalue weighted by Gasteiger charge is 2.50. The van der Waals surface area contributed by atoms with Crippen LogP contribution in [0.4, 0.5) is 0 Å². The van der Waals surface area contributed by atoms with Gasteiger partial charge in [-0.1, -0.05) is 135 Å². The van der Waals surface area contributed by atoms with Crippen LogP contribution in [0.3, 0.4) is 0 Å². The summed E-state index contributed by atoms with van der Waals surface area (Å²) < 4.78 is 5.96. The summed E-state index contributed by atoms with van der Waals surface area (Å²) in [5, 5.41) is 0. The van der Waals surface area contributed by atoms with Crippen LogP contribution in [0, 0.1) is 29.1 Å². The van der Waals surface area contributed by atoms with Crippen LogP contribution in [0.2, 0.25) is 0 Å². The van der Waals surface area contributed by atoms with Crippen molar-refractivity contribution in [3.8, 4) is 0 Å². The molecule has 5 atom stereocenters. The van der Waals surface area contributed by atoms with E-state index in [0.717, 1.165) is 55.8 Å². The van der Waals surface area contributed by atoms with Gasteiger partial charge >= 0.3 is 5.97 Å². The number of fused-ring (bicyclic) bond motifs is 1. The minimum absolute atomic E-state index is 0.00530. The average molecular weight is 567 g/mol. The van der Waals surface area contributed by atoms with Crippen LogP contribution in [0.25, 0.3) is 0 Å². The quantitative estimate of drug-likeness (QED) is 0.129. The monoisotopic (exact) mass is 567 g/mol. The van der Waals surface area contributed by atoms with Gasteiger partial charge in [0.25, 0.3) is 0 Å². The molecule has 3 rings (SSSR count). The van der Waals surface area contributed by atoms with Crippen LogP contribution in [0.1, 0.15) is 169 Å². The highest BCUT2D eigenvalue weighted by molar-refractivity contribution is 5.69. The van der Waals surface area contributed by atoms with Gasteiger partial charge in [0, 0.05) is 12.8 Å². The lowest BCUT2D eigenvalue weighted by molar-refractivity contribution is -0.149. The van der Waals surface area contributed by atoms with E-state index in [0.29, 0.717) is 11.8 Å². The molecule has 3 saturated carbocycles. The molecule has 41 heavy (non-hydrogen) atoms. The van der Waals surface area contributed by atoms with Crippen LogP contribution in [-0.4, -0.2) is 12.1 Å². The molecule has 1 unspecified atom stereocenters. The Balaban J connectivity index is 1.47. The van der Waals surface area contributed by atoms with Gasteiger partial charge in [-0.2, -0.15) is 0 Å². The SMILES string of the molecule is C=C1CCC(OC(=O)CCCCCCCCCCC)CC1=CC=C1CCC[C@]2(C)[C@@H]([C@H](C)CCCC(C)C)CC[C@@H]12. The molecule has 2 nitrogen and oxygen atoms in total. The summed E-state index contributed by atoms with van der Waals surface area (Å²) in [5.41, 5.74) is 4.71. The Morgan fingerprint density at radius 1 is 0.927 bits per heavy atom. The van der Waals surface area contributed by atoms with Crippen molar-refractivity contribution in [2.24, 2.45) is 29.1 Å². The Labute approximate surface area is 255 Å². The molecule has 0 spiro atoms. The van der Waals surface area contributed by atoms with Gasteiger partial charge in [0.2, 0.25) is 0 Å². The van der Waals surface area contributed by atoms with Crippen molar-refractivity contribution in [1.29, 1.82) is 0 Å². The van der Waals surface area contributed by atoms with Gasteiger partial charge < -0.3 is 4.74 Å². The van der Waals surface area contributed by atoms with E-state index in [1.54, 1.807) is 5.57 Å². The van der Waals surface area contributed by atoms with Crippen molar-refractivity contribution in [1.82, 2.24) is 0 Å². The molecular weight excluding hydrogens is 500 g/mol. The van der Waals surface area contributed by atoms with E-state index in [-0.39, 0.29) is 12.1 Å². The largest absolute Gasteiger partial charge is 0.462 e. The van der Waals surface area contributed by atoms with E-state index in [9.17, 15) is 4.79 Å². The van der Waals surface area contributed by atoms with Gasteiger partial charge in [0.15, 0.2) is 0 Å². The molecule has 3 aliphatic carbocycles. The van der Waals surface area contributed by atoms with Crippen LogP contribution in [0.5, 0.6) is 0 Å². The molecule has 0 saturated heterocycles. The highest BCUT2D eigenvalue weighted by Crippen LogP contribution is 2.60. The third-order valence-electron chi connectivity index (χ3n) is 11.1. The zero-order chi connectivity index (χ0) is 29.7. The summed E-state index contributed by atoms with van der Waals surface area (Å²) >= 11 is 0. The van der Waals surface area contributed by atoms with Gasteiger partial charge in [0.1, 0.15) is 6.10 Å². The van der Waals surface area contributed by atoms with E-state index in [4.69, 9.17) is 4.74 Å². The maximum absolute atomic E-state index is 12.6. The second-order valence-corrected chi connectivity index (χ2v) is 14.9. The molecule has 0 aromatic heterocycles. The predicted molar refractivity (Wildman–Crippen MR) is 177 cm³/mol. The van der Waals surface area contributed by atoms with Crippen molar-refractivity contribution in [3.05, 3.63) is 35.5 Å². The molecule has 234 valence electrons. The Kier molecular flexibility index (Phi) is 14.8. The van der Waals surface area contributed by atoms with Gasteiger partial charge in [-0.3, -0.25) is 4.79 Å². The zero-order valence-electron chi connectivity index (χ0n) is 27.9. The third-order valence-corrected chi connectivity index (χ3v) is 11.1. The number of carbonyl (C=O) groups is 1. The molecule has 0 aromatic carbocycles. The first-order valence-corrected chi connectivity index (χ1v) is 18.0. The Morgan fingerprint density at radius 2 is 1.63 bits per heavy atom. The number of rotatable bonds is 17. The van der Waals surface area contributed by atoms with Crippen molar-refractivity contribution < 1.29 is 9.53 Å². The minimum Gasteiger partial charge on any atom is -0.462 e. The maximum Gasteiger partial charge on any atom is 0.306 e. The molecule has 0 amide bonds. The van der Waals surface area contributed by atoms with Crippen molar-refractivity contribution in [2.75, 3.05) is 0 Å². The molecule has 0 N–H and O–H groups in total. The van der Waals surface area contributed by atoms with E-state index in [1.165, 1.54) is 107 Å². The maximum atomic E-state index is 12.6. The van der Waals surface area contributed by atoms with Crippen molar-refractivity contribution >= 4 is 5.97 Å². The summed E-state index contributed by atoms with van der Waals surface area (Å²) in [7, 11) is 0.